The first-order chi connectivity index (χ1) is 9.75. The lowest BCUT2D eigenvalue weighted by molar-refractivity contribution is -0.210. The molecule has 0 aliphatic rings. The minimum absolute atomic E-state index is 0.0592. The maximum Gasteiger partial charge on any atom is 0.417 e. The number of hydrogen-bond acceptors (Lipinski definition) is 3. The van der Waals surface area contributed by atoms with Gasteiger partial charge >= 0.3 is 6.18 Å². The monoisotopic (exact) mass is 369 g/mol. The van der Waals surface area contributed by atoms with Crippen molar-refractivity contribution in [2.24, 2.45) is 0 Å². The van der Waals surface area contributed by atoms with Crippen LogP contribution in [0.1, 0.15) is 31.9 Å². The van der Waals surface area contributed by atoms with Gasteiger partial charge in [-0.3, -0.25) is 0 Å². The molecule has 0 aliphatic carbocycles. The maximum absolute atomic E-state index is 12.3. The fourth-order valence-corrected chi connectivity index (χ4v) is 2.07. The predicted molar refractivity (Wildman–Crippen MR) is 78.4 cm³/mol. The molecule has 0 radical (unpaired) electrons. The van der Waals surface area contributed by atoms with Gasteiger partial charge in [0.15, 0.2) is 6.10 Å². The van der Waals surface area contributed by atoms with E-state index in [-0.39, 0.29) is 6.04 Å². The molecule has 0 aromatic heterocycles. The summed E-state index contributed by atoms with van der Waals surface area (Å²) < 4.78 is 42.8. The summed E-state index contributed by atoms with van der Waals surface area (Å²) in [5.74, 6) is 0.323. The topological polar surface area (TPSA) is 41.5 Å². The van der Waals surface area contributed by atoms with E-state index >= 15 is 0 Å². The molecule has 0 aliphatic heterocycles. The van der Waals surface area contributed by atoms with E-state index in [0.717, 1.165) is 18.5 Å². The summed E-state index contributed by atoms with van der Waals surface area (Å²) in [6.07, 6.45) is -6.23. The molecule has 0 spiro atoms. The summed E-state index contributed by atoms with van der Waals surface area (Å²) in [7, 11) is 0. The normalized spacial score (nSPS) is 14.8. The summed E-state index contributed by atoms with van der Waals surface area (Å²) in [4.78, 5) is 0. The number of hydrogen-bond donors (Lipinski definition) is 2. The van der Waals surface area contributed by atoms with Crippen LogP contribution in [-0.4, -0.2) is 30.5 Å². The van der Waals surface area contributed by atoms with Gasteiger partial charge in [0, 0.05) is 16.1 Å². The molecule has 1 aromatic rings. The quantitative estimate of drug-likeness (QED) is 0.767. The van der Waals surface area contributed by atoms with E-state index in [2.05, 4.69) is 21.2 Å². The van der Waals surface area contributed by atoms with Crippen LogP contribution >= 0.6 is 15.9 Å². The van der Waals surface area contributed by atoms with Crippen molar-refractivity contribution < 1.29 is 23.0 Å². The molecule has 2 unspecified atom stereocenters. The Morgan fingerprint density at radius 3 is 2.62 bits per heavy atom. The fraction of sp³-hybridized carbons (Fsp3) is 0.571. The van der Waals surface area contributed by atoms with Crippen LogP contribution in [0.3, 0.4) is 0 Å². The van der Waals surface area contributed by atoms with Gasteiger partial charge in [0.05, 0.1) is 0 Å². The fourth-order valence-electron chi connectivity index (χ4n) is 1.72. The van der Waals surface area contributed by atoms with Crippen LogP contribution in [0, 0.1) is 0 Å². The van der Waals surface area contributed by atoms with Crippen LogP contribution in [0.25, 0.3) is 0 Å². The van der Waals surface area contributed by atoms with Crippen LogP contribution in [-0.2, 0) is 0 Å². The summed E-state index contributed by atoms with van der Waals surface area (Å²) in [6, 6.07) is 5.12. The van der Waals surface area contributed by atoms with Crippen molar-refractivity contribution in [3.05, 3.63) is 28.2 Å². The standard InChI is InChI=1S/C14H19BrF3NO2/c1-3-6-19-9(2)11-5-4-10(15)7-12(11)21-8-13(20)14(16,17)18/h4-5,7,9,13,19-20H,3,6,8H2,1-2H3. The summed E-state index contributed by atoms with van der Waals surface area (Å²) in [6.45, 7) is 3.90. The molecule has 0 heterocycles. The van der Waals surface area contributed by atoms with E-state index < -0.39 is 18.9 Å². The van der Waals surface area contributed by atoms with Crippen molar-refractivity contribution in [3.8, 4) is 5.75 Å². The van der Waals surface area contributed by atoms with Crippen molar-refractivity contribution >= 4 is 15.9 Å². The van der Waals surface area contributed by atoms with Gasteiger partial charge in [-0.1, -0.05) is 28.9 Å². The molecule has 120 valence electrons. The van der Waals surface area contributed by atoms with Crippen molar-refractivity contribution in [3.63, 3.8) is 0 Å². The van der Waals surface area contributed by atoms with Crippen LogP contribution in [0.15, 0.2) is 22.7 Å². The number of halogens is 4. The number of benzene rings is 1. The Kier molecular flexibility index (Phi) is 6.96. The molecule has 3 nitrogen and oxygen atoms in total. The average Bonchev–Trinajstić information content (AvgIpc) is 2.41. The van der Waals surface area contributed by atoms with Gasteiger partial charge in [0.1, 0.15) is 12.4 Å². The van der Waals surface area contributed by atoms with E-state index in [4.69, 9.17) is 9.84 Å². The Labute approximate surface area is 130 Å². The number of ether oxygens (including phenoxy) is 1. The minimum atomic E-state index is -4.68. The lowest BCUT2D eigenvalue weighted by atomic mass is 10.1. The highest BCUT2D eigenvalue weighted by Gasteiger charge is 2.38. The van der Waals surface area contributed by atoms with Crippen molar-refractivity contribution in [1.29, 1.82) is 0 Å². The average molecular weight is 370 g/mol. The van der Waals surface area contributed by atoms with Gasteiger partial charge in [0.25, 0.3) is 0 Å². The Balaban J connectivity index is 2.82. The second-order valence-corrected chi connectivity index (χ2v) is 5.64. The van der Waals surface area contributed by atoms with Gasteiger partial charge in [-0.25, -0.2) is 0 Å². The SMILES string of the molecule is CCCNC(C)c1ccc(Br)cc1OCC(O)C(F)(F)F. The van der Waals surface area contributed by atoms with E-state index in [0.29, 0.717) is 10.2 Å². The highest BCUT2D eigenvalue weighted by molar-refractivity contribution is 9.10. The molecular weight excluding hydrogens is 351 g/mol. The summed E-state index contributed by atoms with van der Waals surface area (Å²) >= 11 is 3.26. The highest BCUT2D eigenvalue weighted by Crippen LogP contribution is 2.30. The van der Waals surface area contributed by atoms with Gasteiger partial charge < -0.3 is 15.2 Å². The molecule has 0 saturated heterocycles. The molecule has 1 rings (SSSR count). The Bertz CT molecular complexity index is 454. The summed E-state index contributed by atoms with van der Waals surface area (Å²) in [5.41, 5.74) is 0.751. The molecule has 0 amide bonds. The smallest absolute Gasteiger partial charge is 0.417 e. The molecule has 21 heavy (non-hydrogen) atoms. The van der Waals surface area contributed by atoms with E-state index in [1.807, 2.05) is 13.8 Å². The second-order valence-electron chi connectivity index (χ2n) is 4.73. The predicted octanol–water partition coefficient (Wildman–Crippen LogP) is 3.81. The third kappa shape index (κ3) is 5.84. The lowest BCUT2D eigenvalue weighted by Crippen LogP contribution is -2.34. The molecule has 0 fully saturated rings. The zero-order valence-electron chi connectivity index (χ0n) is 11.9. The molecule has 7 heteroatoms. The van der Waals surface area contributed by atoms with Crippen molar-refractivity contribution in [2.45, 2.75) is 38.6 Å². The van der Waals surface area contributed by atoms with E-state index in [9.17, 15) is 13.2 Å². The number of rotatable bonds is 7. The largest absolute Gasteiger partial charge is 0.490 e. The number of nitrogens with one attached hydrogen (secondary N) is 1. The number of alkyl halides is 3. The van der Waals surface area contributed by atoms with Crippen LogP contribution in [0.2, 0.25) is 0 Å². The Hall–Kier alpha value is -0.790. The van der Waals surface area contributed by atoms with Crippen molar-refractivity contribution in [1.82, 2.24) is 5.32 Å². The van der Waals surface area contributed by atoms with E-state index in [1.165, 1.54) is 0 Å². The molecule has 2 N–H and O–H groups in total. The zero-order valence-corrected chi connectivity index (χ0v) is 13.5. The van der Waals surface area contributed by atoms with Gasteiger partial charge in [-0.05, 0) is 32.0 Å². The molecule has 2 atom stereocenters. The third-order valence-electron chi connectivity index (χ3n) is 2.92. The van der Waals surface area contributed by atoms with Crippen LogP contribution in [0.5, 0.6) is 5.75 Å². The number of aliphatic hydroxyl groups excluding tert-OH is 1. The van der Waals surface area contributed by atoms with Crippen LogP contribution in [0.4, 0.5) is 13.2 Å². The zero-order chi connectivity index (χ0) is 16.0. The molecule has 0 saturated carbocycles. The Morgan fingerprint density at radius 1 is 1.38 bits per heavy atom. The first kappa shape index (κ1) is 18.3. The third-order valence-corrected chi connectivity index (χ3v) is 3.41. The highest BCUT2D eigenvalue weighted by atomic mass is 79.9. The van der Waals surface area contributed by atoms with Crippen molar-refractivity contribution in [2.75, 3.05) is 13.2 Å². The second kappa shape index (κ2) is 8.00. The first-order valence-electron chi connectivity index (χ1n) is 6.66. The lowest BCUT2D eigenvalue weighted by Gasteiger charge is -2.20. The number of aliphatic hydroxyl groups is 1. The Morgan fingerprint density at radius 2 is 2.05 bits per heavy atom. The maximum atomic E-state index is 12.3. The van der Waals surface area contributed by atoms with Crippen LogP contribution < -0.4 is 10.1 Å². The molecule has 0 bridgehead atoms. The summed E-state index contributed by atoms with van der Waals surface area (Å²) in [5, 5.41) is 12.3. The van der Waals surface area contributed by atoms with Gasteiger partial charge in [-0.2, -0.15) is 13.2 Å². The van der Waals surface area contributed by atoms with E-state index in [1.54, 1.807) is 18.2 Å². The van der Waals surface area contributed by atoms with Gasteiger partial charge in [-0.15, -0.1) is 0 Å². The molecule has 1 aromatic carbocycles. The molecular formula is C14H19BrF3NO2. The minimum Gasteiger partial charge on any atom is -0.490 e. The first-order valence-corrected chi connectivity index (χ1v) is 7.45. The van der Waals surface area contributed by atoms with Gasteiger partial charge in [0.2, 0.25) is 0 Å².